The number of carbonyl (C=O) groups excluding carboxylic acids is 1. The molecule has 9 heteroatoms. The van der Waals surface area contributed by atoms with Crippen molar-refractivity contribution in [2.24, 2.45) is 0 Å². The van der Waals surface area contributed by atoms with Crippen LogP contribution >= 0.6 is 11.6 Å². The lowest BCUT2D eigenvalue weighted by atomic mass is 10.00. The lowest BCUT2D eigenvalue weighted by molar-refractivity contribution is 0.0715. The predicted octanol–water partition coefficient (Wildman–Crippen LogP) is 4.54. The molecule has 2 unspecified atom stereocenters. The fourth-order valence-corrected chi connectivity index (χ4v) is 3.34. The minimum atomic E-state index is -1.89. The Morgan fingerprint density at radius 2 is 2.17 bits per heavy atom. The molecule has 0 amide bonds. The molecule has 2 atom stereocenters. The lowest BCUT2D eigenvalue weighted by Gasteiger charge is -2.20. The largest absolute Gasteiger partial charge is 0.374 e. The fourth-order valence-electron chi connectivity index (χ4n) is 3.11. The van der Waals surface area contributed by atoms with Gasteiger partial charge in [0, 0.05) is 36.3 Å². The first-order valence-electron chi connectivity index (χ1n) is 8.62. The van der Waals surface area contributed by atoms with Crippen molar-refractivity contribution in [2.75, 3.05) is 12.4 Å². The number of fused-ring (bicyclic) bond motifs is 1. The molecule has 148 valence electrons. The highest BCUT2D eigenvalue weighted by molar-refractivity contribution is 6.33. The van der Waals surface area contributed by atoms with E-state index >= 15 is 0 Å². The number of aromatic nitrogens is 3. The van der Waals surface area contributed by atoms with Gasteiger partial charge in [-0.2, -0.15) is 0 Å². The summed E-state index contributed by atoms with van der Waals surface area (Å²) >= 11 is 6.06. The Morgan fingerprint density at radius 1 is 1.34 bits per heavy atom. The molecule has 4 rings (SSSR count). The van der Waals surface area contributed by atoms with Gasteiger partial charge in [0.2, 0.25) is 0 Å². The fraction of sp³-hybridized carbons (Fsp3) is 0.150. The van der Waals surface area contributed by atoms with Crippen LogP contribution in [0.1, 0.15) is 16.1 Å². The first-order valence-corrected chi connectivity index (χ1v) is 9.00. The molecule has 3 aromatic rings. The van der Waals surface area contributed by atoms with Gasteiger partial charge in [-0.15, -0.1) is 0 Å². The summed E-state index contributed by atoms with van der Waals surface area (Å²) in [5, 5.41) is 3.37. The summed E-state index contributed by atoms with van der Waals surface area (Å²) in [4.78, 5) is 19.5. The zero-order valence-corrected chi connectivity index (χ0v) is 15.9. The van der Waals surface area contributed by atoms with Crippen LogP contribution in [-0.4, -0.2) is 40.0 Å². The maximum atomic E-state index is 14.6. The molecule has 0 saturated heterocycles. The number of benzene rings is 1. The molecule has 0 aliphatic heterocycles. The smallest absolute Gasteiger partial charge is 0.181 e. The second kappa shape index (κ2) is 7.73. The highest BCUT2D eigenvalue weighted by atomic mass is 35.5. The van der Waals surface area contributed by atoms with E-state index in [1.165, 1.54) is 31.7 Å². The molecule has 2 heterocycles. The van der Waals surface area contributed by atoms with Crippen LogP contribution in [0.5, 0.6) is 0 Å². The van der Waals surface area contributed by atoms with Crippen LogP contribution < -0.4 is 5.32 Å². The Labute approximate surface area is 169 Å². The summed E-state index contributed by atoms with van der Waals surface area (Å²) in [5.74, 6) is -0.523. The Hall–Kier alpha value is -3.10. The Bertz CT molecular complexity index is 1160. The van der Waals surface area contributed by atoms with Crippen molar-refractivity contribution >= 4 is 40.6 Å². The molecule has 6 nitrogen and oxygen atoms in total. The van der Waals surface area contributed by atoms with Gasteiger partial charge in [-0.3, -0.25) is 9.20 Å². The summed E-state index contributed by atoms with van der Waals surface area (Å²) in [6, 6.07) is 4.84. The van der Waals surface area contributed by atoms with Gasteiger partial charge in [-0.25, -0.2) is 18.7 Å². The number of ether oxygens (including phenoxy) is 1. The SMILES string of the molecule is COC1C=CC(c2cnc3c(Nc4ccc(C=O)c(Cl)c4)nccn23)=C(F)C1F. The number of alkyl halides is 1. The van der Waals surface area contributed by atoms with Crippen molar-refractivity contribution in [1.29, 1.82) is 0 Å². The second-order valence-corrected chi connectivity index (χ2v) is 6.72. The van der Waals surface area contributed by atoms with Crippen molar-refractivity contribution in [3.05, 3.63) is 71.0 Å². The van der Waals surface area contributed by atoms with Gasteiger partial charge >= 0.3 is 0 Å². The van der Waals surface area contributed by atoms with Crippen LogP contribution in [0.15, 0.2) is 54.8 Å². The summed E-state index contributed by atoms with van der Waals surface area (Å²) < 4.78 is 35.4. The summed E-state index contributed by atoms with van der Waals surface area (Å²) in [7, 11) is 1.32. The molecule has 1 N–H and O–H groups in total. The van der Waals surface area contributed by atoms with E-state index in [1.807, 2.05) is 0 Å². The molecule has 0 saturated carbocycles. The van der Waals surface area contributed by atoms with E-state index in [4.69, 9.17) is 16.3 Å². The normalized spacial score (nSPS) is 19.0. The van der Waals surface area contributed by atoms with Crippen LogP contribution in [0, 0.1) is 0 Å². The number of anilines is 2. The average Bonchev–Trinajstić information content (AvgIpc) is 3.15. The van der Waals surface area contributed by atoms with Crippen molar-refractivity contribution < 1.29 is 18.3 Å². The minimum Gasteiger partial charge on any atom is -0.374 e. The number of hydrogen-bond acceptors (Lipinski definition) is 5. The summed E-state index contributed by atoms with van der Waals surface area (Å²) in [6.45, 7) is 0. The van der Waals surface area contributed by atoms with Gasteiger partial charge in [0.25, 0.3) is 0 Å². The van der Waals surface area contributed by atoms with E-state index in [-0.39, 0.29) is 5.57 Å². The van der Waals surface area contributed by atoms with E-state index in [1.54, 1.807) is 28.8 Å². The Kier molecular flexibility index (Phi) is 5.12. The van der Waals surface area contributed by atoms with E-state index < -0.39 is 18.1 Å². The van der Waals surface area contributed by atoms with Gasteiger partial charge < -0.3 is 10.1 Å². The van der Waals surface area contributed by atoms with E-state index in [9.17, 15) is 13.6 Å². The van der Waals surface area contributed by atoms with Gasteiger partial charge in [0.15, 0.2) is 23.9 Å². The maximum Gasteiger partial charge on any atom is 0.181 e. The number of aldehydes is 1. The topological polar surface area (TPSA) is 68.5 Å². The third-order valence-corrected chi connectivity index (χ3v) is 4.93. The number of methoxy groups -OCH3 is 1. The van der Waals surface area contributed by atoms with Crippen LogP contribution in [0.25, 0.3) is 11.2 Å². The molecule has 29 heavy (non-hydrogen) atoms. The zero-order valence-electron chi connectivity index (χ0n) is 15.1. The van der Waals surface area contributed by atoms with Gasteiger partial charge in [0.1, 0.15) is 11.9 Å². The van der Waals surface area contributed by atoms with Crippen LogP contribution in [0.4, 0.5) is 20.3 Å². The first kappa shape index (κ1) is 19.2. The van der Waals surface area contributed by atoms with Crippen molar-refractivity contribution in [1.82, 2.24) is 14.4 Å². The first-order chi connectivity index (χ1) is 14.0. The third kappa shape index (κ3) is 3.41. The molecule has 0 bridgehead atoms. The maximum absolute atomic E-state index is 14.6. The summed E-state index contributed by atoms with van der Waals surface area (Å²) in [6.07, 6.45) is 5.34. The van der Waals surface area contributed by atoms with E-state index in [0.717, 1.165) is 0 Å². The lowest BCUT2D eigenvalue weighted by Crippen LogP contribution is -2.25. The highest BCUT2D eigenvalue weighted by Crippen LogP contribution is 2.33. The molecule has 0 fully saturated rings. The monoisotopic (exact) mass is 416 g/mol. The number of imidazole rings is 1. The number of carbonyl (C=O) groups is 1. The molecule has 1 aliphatic rings. The molecule has 1 aromatic carbocycles. The van der Waals surface area contributed by atoms with Crippen molar-refractivity contribution in [2.45, 2.75) is 12.3 Å². The standard InChI is InChI=1S/C20H15ClF2N4O2/c1-29-16-5-4-13(17(22)18(16)23)15-9-25-20-19(24-6-7-27(15)20)26-12-3-2-11(10-28)14(21)8-12/h2-10,16,18H,1H3,(H,24,26). The zero-order chi connectivity index (χ0) is 20.5. The molecule has 0 spiro atoms. The second-order valence-electron chi connectivity index (χ2n) is 6.31. The van der Waals surface area contributed by atoms with Crippen LogP contribution in [-0.2, 0) is 4.74 Å². The molecular formula is C20H15ClF2N4O2. The number of allylic oxidation sites excluding steroid dienone is 2. The highest BCUT2D eigenvalue weighted by Gasteiger charge is 2.30. The summed E-state index contributed by atoms with van der Waals surface area (Å²) in [5.41, 5.74) is 1.85. The van der Waals surface area contributed by atoms with Crippen molar-refractivity contribution in [3.8, 4) is 0 Å². The number of halogens is 3. The quantitative estimate of drug-likeness (QED) is 0.618. The number of nitrogens with one attached hydrogen (secondary N) is 1. The van der Waals surface area contributed by atoms with Gasteiger partial charge in [-0.1, -0.05) is 23.8 Å². The molecule has 1 aliphatic carbocycles. The van der Waals surface area contributed by atoms with Crippen molar-refractivity contribution in [3.63, 3.8) is 0 Å². The third-order valence-electron chi connectivity index (χ3n) is 4.61. The van der Waals surface area contributed by atoms with Crippen LogP contribution in [0.3, 0.4) is 0 Å². The van der Waals surface area contributed by atoms with E-state index in [0.29, 0.717) is 39.7 Å². The number of nitrogens with zero attached hydrogens (tertiary/aromatic N) is 3. The number of rotatable bonds is 5. The van der Waals surface area contributed by atoms with Crippen LogP contribution in [0.2, 0.25) is 5.02 Å². The molecule has 2 aromatic heterocycles. The number of hydrogen-bond donors (Lipinski definition) is 1. The van der Waals surface area contributed by atoms with E-state index in [2.05, 4.69) is 15.3 Å². The Morgan fingerprint density at radius 3 is 2.90 bits per heavy atom. The predicted molar refractivity (Wildman–Crippen MR) is 106 cm³/mol. The molecular weight excluding hydrogens is 402 g/mol. The van der Waals surface area contributed by atoms with Gasteiger partial charge in [-0.05, 0) is 18.2 Å². The van der Waals surface area contributed by atoms with Gasteiger partial charge in [0.05, 0.1) is 16.9 Å². The Balaban J connectivity index is 1.73. The average molecular weight is 417 g/mol. The molecule has 0 radical (unpaired) electrons. The minimum absolute atomic E-state index is 0.0915.